The maximum absolute atomic E-state index is 12.0. The largest absolute Gasteiger partial charge is 0.619 e. The van der Waals surface area contributed by atoms with Crippen molar-refractivity contribution in [1.29, 1.82) is 0 Å². The van der Waals surface area contributed by atoms with E-state index in [0.717, 1.165) is 25.2 Å². The highest BCUT2D eigenvalue weighted by molar-refractivity contribution is 6.03. The minimum atomic E-state index is -0.330. The summed E-state index contributed by atoms with van der Waals surface area (Å²) in [6.45, 7) is 1.35. The van der Waals surface area contributed by atoms with Gasteiger partial charge < -0.3 is 20.0 Å². The number of nitrogens with zero attached hydrogens (tertiary/aromatic N) is 1. The van der Waals surface area contributed by atoms with Crippen LogP contribution in [0.1, 0.15) is 23.2 Å². The van der Waals surface area contributed by atoms with E-state index in [0.29, 0.717) is 22.6 Å². The maximum atomic E-state index is 12.0. The van der Waals surface area contributed by atoms with E-state index in [1.165, 1.54) is 18.5 Å². The molecule has 6 nitrogen and oxygen atoms in total. The van der Waals surface area contributed by atoms with Crippen LogP contribution < -0.4 is 14.8 Å². The van der Waals surface area contributed by atoms with Gasteiger partial charge in [-0.3, -0.25) is 4.79 Å². The Labute approximate surface area is 134 Å². The zero-order chi connectivity index (χ0) is 16.1. The van der Waals surface area contributed by atoms with Crippen molar-refractivity contribution in [2.24, 2.45) is 0 Å². The number of anilines is 1. The Morgan fingerprint density at radius 2 is 2.17 bits per heavy atom. The normalized spacial score (nSPS) is 17.0. The van der Waals surface area contributed by atoms with Crippen LogP contribution in [0.4, 0.5) is 5.69 Å². The highest BCUT2D eigenvalue weighted by Crippen LogP contribution is 2.18. The molecule has 0 unspecified atom stereocenters. The van der Waals surface area contributed by atoms with Crippen LogP contribution in [0, 0.1) is 5.21 Å². The lowest BCUT2D eigenvalue weighted by Crippen LogP contribution is -2.27. The molecule has 0 radical (unpaired) electrons. The van der Waals surface area contributed by atoms with Crippen LogP contribution in [0.3, 0.4) is 0 Å². The first-order valence-corrected chi connectivity index (χ1v) is 7.55. The molecule has 0 saturated carbocycles. The number of rotatable bonds is 5. The number of carbonyl (C=O) groups excluding carboxylic acids is 1. The molecule has 1 aliphatic rings. The fourth-order valence-corrected chi connectivity index (χ4v) is 2.39. The average Bonchev–Trinajstić information content (AvgIpc) is 3.08. The Morgan fingerprint density at radius 1 is 1.35 bits per heavy atom. The van der Waals surface area contributed by atoms with Gasteiger partial charge in [-0.2, -0.15) is 4.73 Å². The number of aromatic nitrogens is 1. The number of hydrogen-bond donors (Lipinski definition) is 1. The van der Waals surface area contributed by atoms with Crippen LogP contribution >= 0.6 is 0 Å². The Bertz CT molecular complexity index is 667. The molecule has 23 heavy (non-hydrogen) atoms. The number of amides is 1. The SMILES string of the molecule is O=C(Nc1ccc(OC[C@@H]2CCCO2)cc1)c1ccc[n+]([O-])c1. The van der Waals surface area contributed by atoms with Crippen LogP contribution in [0.2, 0.25) is 0 Å². The van der Waals surface area contributed by atoms with Crippen molar-refractivity contribution in [3.63, 3.8) is 0 Å². The lowest BCUT2D eigenvalue weighted by Gasteiger charge is -2.12. The second-order valence-corrected chi connectivity index (χ2v) is 5.38. The number of hydrogen-bond acceptors (Lipinski definition) is 4. The molecular weight excluding hydrogens is 296 g/mol. The van der Waals surface area contributed by atoms with Gasteiger partial charge in [-0.1, -0.05) is 0 Å². The summed E-state index contributed by atoms with van der Waals surface area (Å²) < 4.78 is 11.8. The monoisotopic (exact) mass is 314 g/mol. The zero-order valence-electron chi connectivity index (χ0n) is 12.6. The molecule has 6 heteroatoms. The highest BCUT2D eigenvalue weighted by Gasteiger charge is 2.16. The van der Waals surface area contributed by atoms with Crippen molar-refractivity contribution in [3.8, 4) is 5.75 Å². The average molecular weight is 314 g/mol. The number of carbonyl (C=O) groups is 1. The molecule has 120 valence electrons. The Hall–Kier alpha value is -2.60. The van der Waals surface area contributed by atoms with Gasteiger partial charge in [0.2, 0.25) is 0 Å². The lowest BCUT2D eigenvalue weighted by molar-refractivity contribution is -0.605. The van der Waals surface area contributed by atoms with Gasteiger partial charge in [-0.05, 0) is 43.2 Å². The fraction of sp³-hybridized carbons (Fsp3) is 0.294. The summed E-state index contributed by atoms with van der Waals surface area (Å²) in [5.41, 5.74) is 0.946. The number of benzene rings is 1. The van der Waals surface area contributed by atoms with Crippen molar-refractivity contribution in [3.05, 3.63) is 59.6 Å². The minimum Gasteiger partial charge on any atom is -0.619 e. The number of ether oxygens (including phenoxy) is 2. The number of pyridine rings is 1. The van der Waals surface area contributed by atoms with E-state index < -0.39 is 0 Å². The summed E-state index contributed by atoms with van der Waals surface area (Å²) in [4.78, 5) is 12.0. The van der Waals surface area contributed by atoms with Crippen LogP contribution in [-0.4, -0.2) is 25.2 Å². The molecule has 1 aliphatic heterocycles. The molecular formula is C17H18N2O4. The quantitative estimate of drug-likeness (QED) is 0.678. The Balaban J connectivity index is 1.55. The standard InChI is InChI=1S/C17H18N2O4/c20-17(13-3-1-9-19(21)11-13)18-14-5-7-15(8-6-14)23-12-16-4-2-10-22-16/h1,3,5-9,11,16H,2,4,10,12H2,(H,18,20)/t16-/m0/s1. The molecule has 0 spiro atoms. The third-order valence-corrected chi connectivity index (χ3v) is 3.61. The van der Waals surface area contributed by atoms with Crippen molar-refractivity contribution in [2.75, 3.05) is 18.5 Å². The summed E-state index contributed by atoms with van der Waals surface area (Å²) in [5, 5.41) is 13.9. The fourth-order valence-electron chi connectivity index (χ4n) is 2.39. The van der Waals surface area contributed by atoms with Gasteiger partial charge in [0.15, 0.2) is 12.4 Å². The van der Waals surface area contributed by atoms with E-state index >= 15 is 0 Å². The third-order valence-electron chi connectivity index (χ3n) is 3.61. The minimum absolute atomic E-state index is 0.172. The molecule has 0 aliphatic carbocycles. The first-order valence-electron chi connectivity index (χ1n) is 7.55. The molecule has 1 N–H and O–H groups in total. The van der Waals surface area contributed by atoms with Gasteiger partial charge in [0.25, 0.3) is 5.91 Å². The molecule has 1 aromatic carbocycles. The van der Waals surface area contributed by atoms with Gasteiger partial charge in [-0.15, -0.1) is 0 Å². The highest BCUT2D eigenvalue weighted by atomic mass is 16.5. The first kappa shape index (κ1) is 15.3. The van der Waals surface area contributed by atoms with E-state index in [1.807, 2.05) is 0 Å². The van der Waals surface area contributed by atoms with Crippen LogP contribution in [0.15, 0.2) is 48.8 Å². The van der Waals surface area contributed by atoms with Crippen molar-refractivity contribution in [2.45, 2.75) is 18.9 Å². The zero-order valence-corrected chi connectivity index (χ0v) is 12.6. The van der Waals surface area contributed by atoms with Crippen molar-refractivity contribution in [1.82, 2.24) is 0 Å². The van der Waals surface area contributed by atoms with Gasteiger partial charge in [0.05, 0.1) is 6.10 Å². The summed E-state index contributed by atoms with van der Waals surface area (Å²) in [7, 11) is 0. The first-order chi connectivity index (χ1) is 11.2. The predicted molar refractivity (Wildman–Crippen MR) is 84.3 cm³/mol. The Kier molecular flexibility index (Phi) is 4.73. The summed E-state index contributed by atoms with van der Waals surface area (Å²) >= 11 is 0. The van der Waals surface area contributed by atoms with E-state index in [1.54, 1.807) is 30.3 Å². The third kappa shape index (κ3) is 4.20. The molecule has 2 heterocycles. The molecule has 1 saturated heterocycles. The smallest absolute Gasteiger partial charge is 0.261 e. The van der Waals surface area contributed by atoms with E-state index in [4.69, 9.17) is 9.47 Å². The van der Waals surface area contributed by atoms with Gasteiger partial charge >= 0.3 is 0 Å². The molecule has 1 amide bonds. The Morgan fingerprint density at radius 3 is 2.87 bits per heavy atom. The van der Waals surface area contributed by atoms with Gasteiger partial charge in [0, 0.05) is 18.4 Å². The van der Waals surface area contributed by atoms with E-state index in [9.17, 15) is 10.0 Å². The van der Waals surface area contributed by atoms with Crippen LogP contribution in [0.5, 0.6) is 5.75 Å². The van der Waals surface area contributed by atoms with E-state index in [-0.39, 0.29) is 12.0 Å². The second-order valence-electron chi connectivity index (χ2n) is 5.38. The predicted octanol–water partition coefficient (Wildman–Crippen LogP) is 2.13. The van der Waals surface area contributed by atoms with Crippen molar-refractivity contribution < 1.29 is 19.0 Å². The van der Waals surface area contributed by atoms with Gasteiger partial charge in [0.1, 0.15) is 17.9 Å². The summed E-state index contributed by atoms with van der Waals surface area (Å²) in [6, 6.07) is 10.2. The van der Waals surface area contributed by atoms with Crippen LogP contribution in [-0.2, 0) is 4.74 Å². The number of nitrogens with one attached hydrogen (secondary N) is 1. The van der Waals surface area contributed by atoms with Gasteiger partial charge in [-0.25, -0.2) is 0 Å². The molecule has 3 rings (SSSR count). The molecule has 0 bridgehead atoms. The molecule has 1 atom stereocenters. The van der Waals surface area contributed by atoms with Crippen LogP contribution in [0.25, 0.3) is 0 Å². The summed E-state index contributed by atoms with van der Waals surface area (Å²) in [6.07, 6.45) is 4.85. The summed E-state index contributed by atoms with van der Waals surface area (Å²) in [5.74, 6) is 0.402. The van der Waals surface area contributed by atoms with Crippen molar-refractivity contribution >= 4 is 11.6 Å². The lowest BCUT2D eigenvalue weighted by atomic mass is 10.2. The molecule has 2 aromatic rings. The topological polar surface area (TPSA) is 74.5 Å². The molecule has 1 fully saturated rings. The maximum Gasteiger partial charge on any atom is 0.261 e. The second kappa shape index (κ2) is 7.11. The van der Waals surface area contributed by atoms with E-state index in [2.05, 4.69) is 5.32 Å². The molecule has 1 aromatic heterocycles.